The zero-order valence-corrected chi connectivity index (χ0v) is 45.6. The Morgan fingerprint density at radius 2 is 0.581 bits per heavy atom. The predicted molar refractivity (Wildman–Crippen MR) is 287 cm³/mol. The molecule has 398 valence electrons. The van der Waals surface area contributed by atoms with Crippen molar-refractivity contribution in [2.75, 3.05) is 99.5 Å². The van der Waals surface area contributed by atoms with Gasteiger partial charge in [-0.05, 0) is 168 Å². The first-order valence-electron chi connectivity index (χ1n) is 24.5. The molecule has 14 heteroatoms. The van der Waals surface area contributed by atoms with Crippen LogP contribution in [-0.4, -0.2) is 99.5 Å². The third-order valence-electron chi connectivity index (χ3n) is 13.7. The van der Waals surface area contributed by atoms with E-state index >= 15 is 0 Å². The molecule has 0 bridgehead atoms. The maximum atomic E-state index is 6.23. The predicted octanol–water partition coefficient (Wildman–Crippen LogP) is 11.2. The summed E-state index contributed by atoms with van der Waals surface area (Å²) in [7, 11) is 23.0. The van der Waals surface area contributed by atoms with Gasteiger partial charge in [-0.25, -0.2) is 0 Å². The highest BCUT2D eigenvalue weighted by molar-refractivity contribution is 5.57. The molecule has 0 spiro atoms. The Labute approximate surface area is 437 Å². The SMILES string of the molecule is COc1cc(CC[C@@H](Cc2cc(OC)c(OC)c(OC)c2)[C@H](Cc2cc(OC)c(OC)c(OC)c2)c2ccc(CCc3cc(OC)c(OC)c(OC)c3)c(OC)c2)ccc1CCc1cc(OC)c(OC)c(OC)c1. The number of methoxy groups -OCH3 is 14. The number of ether oxygens (including phenoxy) is 14. The van der Waals surface area contributed by atoms with Crippen LogP contribution in [0.2, 0.25) is 0 Å². The second kappa shape index (κ2) is 27.0. The molecule has 2 atom stereocenters. The van der Waals surface area contributed by atoms with Crippen LogP contribution in [0.4, 0.5) is 0 Å². The molecule has 6 aromatic rings. The number of hydrogen-bond donors (Lipinski definition) is 0. The molecule has 6 aromatic carbocycles. The molecule has 0 aliphatic rings. The topological polar surface area (TPSA) is 129 Å². The molecular formula is C60H74O14. The third kappa shape index (κ3) is 13.0. The monoisotopic (exact) mass is 1020 g/mol. The molecule has 0 saturated carbocycles. The summed E-state index contributed by atoms with van der Waals surface area (Å²) in [5.41, 5.74) is 8.58. The van der Waals surface area contributed by atoms with Crippen molar-refractivity contribution in [1.29, 1.82) is 0 Å². The van der Waals surface area contributed by atoms with Gasteiger partial charge in [0, 0.05) is 0 Å². The average molecular weight is 1020 g/mol. The van der Waals surface area contributed by atoms with Crippen molar-refractivity contribution in [2.45, 2.75) is 57.3 Å². The van der Waals surface area contributed by atoms with Gasteiger partial charge in [0.2, 0.25) is 23.0 Å². The Bertz CT molecular complexity index is 2690. The van der Waals surface area contributed by atoms with E-state index in [-0.39, 0.29) is 11.8 Å². The molecular weight excluding hydrogens is 945 g/mol. The molecule has 0 amide bonds. The van der Waals surface area contributed by atoms with Crippen molar-refractivity contribution in [1.82, 2.24) is 0 Å². The molecule has 0 N–H and O–H groups in total. The highest BCUT2D eigenvalue weighted by atomic mass is 16.6. The van der Waals surface area contributed by atoms with Gasteiger partial charge in [0.15, 0.2) is 46.0 Å². The molecule has 0 aliphatic heterocycles. The third-order valence-corrected chi connectivity index (χ3v) is 13.7. The fraction of sp³-hybridized carbons (Fsp3) is 0.400. The standard InChI is InChI=1S/C60H74O14/c1-61-47-27-37(15-19-42(47)20-17-38-28-49(63-3)57(71-11)50(29-38)64-4)16-22-44(25-40-32-53(67-7)59(73-13)54(33-40)68-8)46(26-41-34-55(69-9)60(74-14)56(35-41)70-10)45-24-23-43(48(36-45)62-2)21-18-39-30-51(65-5)58(72-12)52(31-39)66-6/h15,19,23-24,27-36,44,46H,16-18,20-22,25-26H2,1-14H3/t44-,46-/m0/s1. The molecule has 0 saturated heterocycles. The summed E-state index contributed by atoms with van der Waals surface area (Å²) in [6, 6.07) is 29.3. The van der Waals surface area contributed by atoms with Crippen LogP contribution in [0.25, 0.3) is 0 Å². The van der Waals surface area contributed by atoms with E-state index < -0.39 is 0 Å². The molecule has 74 heavy (non-hydrogen) atoms. The molecule has 0 unspecified atom stereocenters. The van der Waals surface area contributed by atoms with Gasteiger partial charge in [-0.3, -0.25) is 0 Å². The van der Waals surface area contributed by atoms with Crippen LogP contribution in [0.1, 0.15) is 56.8 Å². The summed E-state index contributed by atoms with van der Waals surface area (Å²) in [6.07, 6.45) is 5.73. The molecule has 0 heterocycles. The van der Waals surface area contributed by atoms with E-state index in [0.29, 0.717) is 94.7 Å². The molecule has 14 nitrogen and oxygen atoms in total. The van der Waals surface area contributed by atoms with Crippen molar-refractivity contribution < 1.29 is 66.3 Å². The van der Waals surface area contributed by atoms with Crippen LogP contribution in [-0.2, 0) is 44.9 Å². The number of hydrogen-bond acceptors (Lipinski definition) is 14. The van der Waals surface area contributed by atoms with Gasteiger partial charge in [0.1, 0.15) is 11.5 Å². The van der Waals surface area contributed by atoms with Crippen LogP contribution in [0.5, 0.6) is 80.5 Å². The largest absolute Gasteiger partial charge is 0.496 e. The second-order valence-electron chi connectivity index (χ2n) is 17.7. The van der Waals surface area contributed by atoms with Gasteiger partial charge >= 0.3 is 0 Å². The maximum Gasteiger partial charge on any atom is 0.203 e. The summed E-state index contributed by atoms with van der Waals surface area (Å²) < 4.78 is 81.1. The summed E-state index contributed by atoms with van der Waals surface area (Å²) in [5.74, 6) is 8.60. The Hall–Kier alpha value is -7.48. The van der Waals surface area contributed by atoms with Crippen molar-refractivity contribution in [3.05, 3.63) is 129 Å². The minimum Gasteiger partial charge on any atom is -0.496 e. The summed E-state index contributed by atoms with van der Waals surface area (Å²) in [5, 5.41) is 0. The fourth-order valence-corrected chi connectivity index (χ4v) is 9.88. The molecule has 0 aliphatic carbocycles. The van der Waals surface area contributed by atoms with E-state index in [1.807, 2.05) is 48.5 Å². The van der Waals surface area contributed by atoms with E-state index in [4.69, 9.17) is 66.3 Å². The first kappa shape index (κ1) is 55.8. The number of benzene rings is 6. The molecule has 0 fully saturated rings. The van der Waals surface area contributed by atoms with Gasteiger partial charge in [-0.15, -0.1) is 0 Å². The summed E-state index contributed by atoms with van der Waals surface area (Å²) >= 11 is 0. The molecule has 0 radical (unpaired) electrons. The molecule has 0 aromatic heterocycles. The fourth-order valence-electron chi connectivity index (χ4n) is 9.88. The number of aryl methyl sites for hydroxylation is 5. The minimum atomic E-state index is -0.0605. The van der Waals surface area contributed by atoms with Gasteiger partial charge in [0.25, 0.3) is 0 Å². The van der Waals surface area contributed by atoms with Crippen LogP contribution in [0, 0.1) is 5.92 Å². The highest BCUT2D eigenvalue weighted by Gasteiger charge is 2.29. The first-order valence-corrected chi connectivity index (χ1v) is 24.5. The smallest absolute Gasteiger partial charge is 0.203 e. The lowest BCUT2D eigenvalue weighted by molar-refractivity contribution is 0.321. The van der Waals surface area contributed by atoms with E-state index in [2.05, 4.69) is 36.4 Å². The summed E-state index contributed by atoms with van der Waals surface area (Å²) in [6.45, 7) is 0. The van der Waals surface area contributed by atoms with Crippen LogP contribution in [0.15, 0.2) is 84.9 Å². The van der Waals surface area contributed by atoms with Gasteiger partial charge in [0.05, 0.1) is 99.5 Å². The Morgan fingerprint density at radius 3 is 0.932 bits per heavy atom. The van der Waals surface area contributed by atoms with Crippen LogP contribution >= 0.6 is 0 Å². The lowest BCUT2D eigenvalue weighted by Crippen LogP contribution is -2.20. The Morgan fingerprint density at radius 1 is 0.270 bits per heavy atom. The van der Waals surface area contributed by atoms with E-state index in [1.54, 1.807) is 99.5 Å². The van der Waals surface area contributed by atoms with Crippen LogP contribution < -0.4 is 66.3 Å². The van der Waals surface area contributed by atoms with Crippen molar-refractivity contribution >= 4 is 0 Å². The minimum absolute atomic E-state index is 0.0392. The van der Waals surface area contributed by atoms with Crippen molar-refractivity contribution in [3.8, 4) is 80.5 Å². The van der Waals surface area contributed by atoms with Crippen LogP contribution in [0.3, 0.4) is 0 Å². The van der Waals surface area contributed by atoms with Gasteiger partial charge in [-0.1, -0.05) is 24.3 Å². The Balaban J connectivity index is 1.42. The average Bonchev–Trinajstić information content (AvgIpc) is 3.44. The lowest BCUT2D eigenvalue weighted by Gasteiger charge is -2.30. The van der Waals surface area contributed by atoms with Crippen molar-refractivity contribution in [2.24, 2.45) is 5.92 Å². The highest BCUT2D eigenvalue weighted by Crippen LogP contribution is 2.45. The normalized spacial score (nSPS) is 11.7. The van der Waals surface area contributed by atoms with E-state index in [9.17, 15) is 0 Å². The lowest BCUT2D eigenvalue weighted by atomic mass is 9.75. The maximum absolute atomic E-state index is 6.23. The zero-order valence-electron chi connectivity index (χ0n) is 45.6. The second-order valence-corrected chi connectivity index (χ2v) is 17.7. The quantitative estimate of drug-likeness (QED) is 0.0442. The number of rotatable bonds is 29. The zero-order chi connectivity index (χ0) is 53.3. The molecule has 6 rings (SSSR count). The van der Waals surface area contributed by atoms with Gasteiger partial charge in [-0.2, -0.15) is 0 Å². The first-order chi connectivity index (χ1) is 36.0. The Kier molecular flexibility index (Phi) is 20.4. The van der Waals surface area contributed by atoms with Gasteiger partial charge < -0.3 is 66.3 Å². The van der Waals surface area contributed by atoms with E-state index in [0.717, 1.165) is 81.7 Å². The summed E-state index contributed by atoms with van der Waals surface area (Å²) in [4.78, 5) is 0. The van der Waals surface area contributed by atoms with E-state index in [1.165, 1.54) is 0 Å². The van der Waals surface area contributed by atoms with Crippen molar-refractivity contribution in [3.63, 3.8) is 0 Å².